The van der Waals surface area contributed by atoms with E-state index in [9.17, 15) is 0 Å². The van der Waals surface area contributed by atoms with Crippen molar-refractivity contribution in [3.8, 4) is 0 Å². The van der Waals surface area contributed by atoms with Gasteiger partial charge in [-0.1, -0.05) is 0 Å². The average molecular weight is 418 g/mol. The van der Waals surface area contributed by atoms with Gasteiger partial charge in [-0.2, -0.15) is 0 Å². The van der Waals surface area contributed by atoms with Crippen LogP contribution in [0.3, 0.4) is 0 Å². The van der Waals surface area contributed by atoms with Gasteiger partial charge in [0.2, 0.25) is 0 Å². The fourth-order valence-corrected chi connectivity index (χ4v) is 10.5. The van der Waals surface area contributed by atoms with Gasteiger partial charge in [-0.3, -0.25) is 0 Å². The summed E-state index contributed by atoms with van der Waals surface area (Å²) in [4.78, 5) is 1.78. The van der Waals surface area contributed by atoms with Crippen molar-refractivity contribution in [1.29, 1.82) is 0 Å². The summed E-state index contributed by atoms with van der Waals surface area (Å²) in [6, 6.07) is 0. The Balaban J connectivity index is 1.26. The average Bonchev–Trinajstić information content (AvgIpc) is 3.25. The molecule has 0 aliphatic carbocycles. The molecule has 3 aliphatic heterocycles. The Labute approximate surface area is 131 Å². The van der Waals surface area contributed by atoms with Crippen LogP contribution in [0, 0.1) is 0 Å². The summed E-state index contributed by atoms with van der Waals surface area (Å²) in [6.45, 7) is 4.08. The quantitative estimate of drug-likeness (QED) is 0.444. The molecule has 0 aromatic rings. The van der Waals surface area contributed by atoms with Gasteiger partial charge in [-0.15, -0.1) is 0 Å². The van der Waals surface area contributed by atoms with Crippen LogP contribution in [0.1, 0.15) is 0 Å². The van der Waals surface area contributed by atoms with E-state index in [0.717, 1.165) is 76.5 Å². The van der Waals surface area contributed by atoms with Crippen LogP contribution in [0.4, 0.5) is 0 Å². The first-order valence-corrected chi connectivity index (χ1v) is 13.0. The third-order valence-corrected chi connectivity index (χ3v) is 12.6. The van der Waals surface area contributed by atoms with E-state index in [4.69, 9.17) is 9.47 Å². The van der Waals surface area contributed by atoms with Gasteiger partial charge in [0.15, 0.2) is 0 Å². The van der Waals surface area contributed by atoms with Gasteiger partial charge in [0.1, 0.15) is 0 Å². The molecule has 0 spiro atoms. The third kappa shape index (κ3) is 5.57. The van der Waals surface area contributed by atoms with Gasteiger partial charge in [0.05, 0.1) is 0 Å². The van der Waals surface area contributed by atoms with Gasteiger partial charge in [0, 0.05) is 0 Å². The van der Waals surface area contributed by atoms with Crippen molar-refractivity contribution >= 4 is 53.4 Å². The van der Waals surface area contributed by atoms with Crippen molar-refractivity contribution in [3.63, 3.8) is 0 Å². The van der Waals surface area contributed by atoms with Gasteiger partial charge in [0.25, 0.3) is 0 Å². The van der Waals surface area contributed by atoms with E-state index in [2.05, 4.69) is 0 Å². The molecule has 0 aromatic carbocycles. The normalized spacial score (nSPS) is 38.7. The molecule has 0 aromatic heterocycles. The zero-order valence-electron chi connectivity index (χ0n) is 10.4. The third-order valence-electron chi connectivity index (χ3n) is 3.01. The first kappa shape index (κ1) is 14.6. The van der Waals surface area contributed by atoms with Crippen LogP contribution in [0.2, 0.25) is 20.3 Å². The van der Waals surface area contributed by atoms with E-state index in [-0.39, 0.29) is 0 Å². The minimum absolute atomic E-state index is 0.757. The first-order chi connectivity index (χ1) is 8.90. The Hall–Kier alpha value is 1.66. The van der Waals surface area contributed by atoms with E-state index in [0.29, 0.717) is 0 Å². The molecule has 3 heterocycles. The molecule has 3 saturated heterocycles. The van der Waals surface area contributed by atoms with Crippen molar-refractivity contribution in [3.05, 3.63) is 0 Å². The van der Waals surface area contributed by atoms with Crippen molar-refractivity contribution < 1.29 is 9.47 Å². The minimum atomic E-state index is 0.757. The van der Waals surface area contributed by atoms with Crippen LogP contribution in [0.25, 0.3) is 0 Å². The summed E-state index contributed by atoms with van der Waals surface area (Å²) >= 11 is 5.68. The molecule has 18 heavy (non-hydrogen) atoms. The summed E-state index contributed by atoms with van der Waals surface area (Å²) in [6.07, 6.45) is 0. The van der Waals surface area contributed by atoms with Crippen molar-refractivity contribution in [2.75, 3.05) is 37.9 Å². The van der Waals surface area contributed by atoms with Crippen LogP contribution in [-0.4, -0.2) is 78.3 Å². The Morgan fingerprint density at radius 2 is 1.33 bits per heavy atom. The van der Waals surface area contributed by atoms with Gasteiger partial charge >= 0.3 is 132 Å². The Morgan fingerprint density at radius 1 is 0.833 bits per heavy atom. The summed E-state index contributed by atoms with van der Waals surface area (Å²) in [7, 11) is 0. The number of thioether (sulfide) groups is 2. The molecule has 104 valence electrons. The Morgan fingerprint density at radius 3 is 1.78 bits per heavy atom. The predicted molar refractivity (Wildman–Crippen MR) is 82.8 cm³/mol. The summed E-state index contributed by atoms with van der Waals surface area (Å²) < 4.78 is 11.7. The van der Waals surface area contributed by atoms with Gasteiger partial charge in [-0.25, -0.2) is 0 Å². The second-order valence-corrected chi connectivity index (χ2v) is 13.2. The van der Waals surface area contributed by atoms with E-state index in [1.807, 2.05) is 23.5 Å². The SMILES string of the molecule is C(OCC1C[Se]CC(COCC2CS2)[Se]1)C1CS1. The van der Waals surface area contributed by atoms with E-state index in [1.165, 1.54) is 22.1 Å². The monoisotopic (exact) mass is 420 g/mol. The second-order valence-electron chi connectivity index (χ2n) is 4.90. The Kier molecular flexibility index (Phi) is 6.17. The van der Waals surface area contributed by atoms with Crippen LogP contribution >= 0.6 is 23.5 Å². The fourth-order valence-electron chi connectivity index (χ4n) is 1.85. The topological polar surface area (TPSA) is 18.5 Å². The molecular formula is C12H20O2S2Se2. The molecule has 0 radical (unpaired) electrons. The fraction of sp³-hybridized carbons (Fsp3) is 1.00. The predicted octanol–water partition coefficient (Wildman–Crippen LogP) is 2.09. The van der Waals surface area contributed by atoms with Crippen LogP contribution < -0.4 is 0 Å². The van der Waals surface area contributed by atoms with E-state index in [1.54, 1.807) is 0 Å². The summed E-state index contributed by atoms with van der Waals surface area (Å²) in [5.74, 6) is 2.66. The molecular weight excluding hydrogens is 398 g/mol. The molecule has 4 unspecified atom stereocenters. The number of ether oxygens (including phenoxy) is 2. The van der Waals surface area contributed by atoms with E-state index >= 15 is 0 Å². The maximum atomic E-state index is 5.86. The van der Waals surface area contributed by atoms with Crippen LogP contribution in [0.5, 0.6) is 0 Å². The van der Waals surface area contributed by atoms with Crippen molar-refractivity contribution in [1.82, 2.24) is 0 Å². The zero-order valence-corrected chi connectivity index (χ0v) is 15.5. The van der Waals surface area contributed by atoms with Crippen molar-refractivity contribution in [2.45, 2.75) is 30.8 Å². The molecule has 3 rings (SSSR count). The molecule has 0 saturated carbocycles. The number of hydrogen-bond acceptors (Lipinski definition) is 4. The number of rotatable bonds is 8. The molecule has 0 bridgehead atoms. The summed E-state index contributed by atoms with van der Waals surface area (Å²) in [5, 5.41) is 4.59. The van der Waals surface area contributed by atoms with Crippen LogP contribution in [0.15, 0.2) is 0 Å². The molecule has 2 nitrogen and oxygen atoms in total. The number of hydrogen-bond donors (Lipinski definition) is 0. The molecule has 3 fully saturated rings. The second kappa shape index (κ2) is 7.61. The molecule has 0 amide bonds. The van der Waals surface area contributed by atoms with Gasteiger partial charge < -0.3 is 0 Å². The first-order valence-electron chi connectivity index (χ1n) is 6.52. The van der Waals surface area contributed by atoms with E-state index < -0.39 is 0 Å². The molecule has 0 N–H and O–H groups in total. The standard InChI is InChI=1S/C12H20O2S2Se2/c1(9-5-15-9)13-3-11-7-17-8-12(18-11)4-14-2-10-6-16-10/h9-12H,1-8H2. The molecule has 4 atom stereocenters. The maximum absolute atomic E-state index is 5.86. The van der Waals surface area contributed by atoms with Crippen molar-refractivity contribution in [2.24, 2.45) is 0 Å². The Bertz CT molecular complexity index is 238. The summed E-state index contributed by atoms with van der Waals surface area (Å²) in [5.41, 5.74) is 0. The zero-order chi connectivity index (χ0) is 12.2. The van der Waals surface area contributed by atoms with Crippen LogP contribution in [-0.2, 0) is 9.47 Å². The molecule has 6 heteroatoms. The van der Waals surface area contributed by atoms with Gasteiger partial charge in [-0.05, 0) is 0 Å². The molecule has 3 aliphatic rings.